The SMILES string of the molecule is Nc1ccc2c(c1)nc(CCCO)n2CCO. The number of nitrogen functional groups attached to an aromatic ring is 1. The molecule has 0 saturated heterocycles. The Bertz CT molecular complexity index is 508. The zero-order valence-corrected chi connectivity index (χ0v) is 9.63. The van der Waals surface area contributed by atoms with E-state index in [0.717, 1.165) is 16.9 Å². The van der Waals surface area contributed by atoms with Crippen molar-refractivity contribution in [2.75, 3.05) is 18.9 Å². The molecule has 1 aromatic heterocycles. The monoisotopic (exact) mass is 235 g/mol. The van der Waals surface area contributed by atoms with Crippen molar-refractivity contribution in [2.24, 2.45) is 0 Å². The lowest BCUT2D eigenvalue weighted by atomic mass is 10.3. The van der Waals surface area contributed by atoms with E-state index < -0.39 is 0 Å². The zero-order valence-electron chi connectivity index (χ0n) is 9.63. The Morgan fingerprint density at radius 3 is 2.76 bits per heavy atom. The van der Waals surface area contributed by atoms with Crippen LogP contribution in [0.3, 0.4) is 0 Å². The molecule has 0 saturated carbocycles. The molecule has 0 spiro atoms. The lowest BCUT2D eigenvalue weighted by Crippen LogP contribution is -2.07. The number of aliphatic hydroxyl groups is 2. The maximum absolute atomic E-state index is 9.08. The Kier molecular flexibility index (Phi) is 3.61. The van der Waals surface area contributed by atoms with Crippen molar-refractivity contribution >= 4 is 16.7 Å². The normalized spacial score (nSPS) is 11.2. The second-order valence-electron chi connectivity index (χ2n) is 3.98. The second kappa shape index (κ2) is 5.16. The fourth-order valence-corrected chi connectivity index (χ4v) is 1.97. The molecule has 2 rings (SSSR count). The van der Waals surface area contributed by atoms with E-state index in [4.69, 9.17) is 15.9 Å². The van der Waals surface area contributed by atoms with Crippen molar-refractivity contribution in [3.63, 3.8) is 0 Å². The van der Waals surface area contributed by atoms with E-state index in [1.54, 1.807) is 0 Å². The van der Waals surface area contributed by atoms with E-state index in [-0.39, 0.29) is 13.2 Å². The highest BCUT2D eigenvalue weighted by Gasteiger charge is 2.09. The van der Waals surface area contributed by atoms with E-state index in [1.807, 2.05) is 22.8 Å². The smallest absolute Gasteiger partial charge is 0.110 e. The van der Waals surface area contributed by atoms with Gasteiger partial charge in [-0.1, -0.05) is 0 Å². The van der Waals surface area contributed by atoms with Crippen LogP contribution in [0.1, 0.15) is 12.2 Å². The van der Waals surface area contributed by atoms with Crippen molar-refractivity contribution in [3.8, 4) is 0 Å². The summed E-state index contributed by atoms with van der Waals surface area (Å²) in [5.74, 6) is 0.883. The Hall–Kier alpha value is -1.59. The maximum atomic E-state index is 9.08. The van der Waals surface area contributed by atoms with E-state index >= 15 is 0 Å². The Morgan fingerprint density at radius 2 is 2.06 bits per heavy atom. The van der Waals surface area contributed by atoms with Gasteiger partial charge in [0.25, 0.3) is 0 Å². The van der Waals surface area contributed by atoms with Gasteiger partial charge in [-0.15, -0.1) is 0 Å². The maximum Gasteiger partial charge on any atom is 0.110 e. The number of nitrogens with zero attached hydrogens (tertiary/aromatic N) is 2. The molecule has 0 radical (unpaired) electrons. The van der Waals surface area contributed by atoms with E-state index in [1.165, 1.54) is 0 Å². The highest BCUT2D eigenvalue weighted by Crippen LogP contribution is 2.19. The molecule has 2 aromatic rings. The third-order valence-corrected chi connectivity index (χ3v) is 2.73. The van der Waals surface area contributed by atoms with E-state index in [0.29, 0.717) is 25.1 Å². The highest BCUT2D eigenvalue weighted by molar-refractivity contribution is 5.79. The number of anilines is 1. The average Bonchev–Trinajstić information content (AvgIpc) is 2.64. The molecular formula is C12H17N3O2. The molecule has 0 unspecified atom stereocenters. The largest absolute Gasteiger partial charge is 0.399 e. The summed E-state index contributed by atoms with van der Waals surface area (Å²) in [4.78, 5) is 4.49. The molecule has 0 bridgehead atoms. The first-order valence-corrected chi connectivity index (χ1v) is 5.72. The van der Waals surface area contributed by atoms with Crippen LogP contribution in [0.4, 0.5) is 5.69 Å². The van der Waals surface area contributed by atoms with Gasteiger partial charge in [0.15, 0.2) is 0 Å². The first-order chi connectivity index (χ1) is 8.26. The third kappa shape index (κ3) is 2.40. The average molecular weight is 235 g/mol. The molecule has 4 N–H and O–H groups in total. The van der Waals surface area contributed by atoms with Gasteiger partial charge in [-0.25, -0.2) is 4.98 Å². The molecule has 1 heterocycles. The number of hydrogen-bond acceptors (Lipinski definition) is 4. The number of imidazole rings is 1. The first-order valence-electron chi connectivity index (χ1n) is 5.72. The minimum atomic E-state index is 0.0714. The molecule has 92 valence electrons. The van der Waals surface area contributed by atoms with Crippen LogP contribution in [0.15, 0.2) is 18.2 Å². The van der Waals surface area contributed by atoms with Crippen LogP contribution >= 0.6 is 0 Å². The standard InChI is InChI=1S/C12H17N3O2/c13-9-3-4-11-10(8-9)14-12(2-1-6-16)15(11)5-7-17/h3-4,8,16-17H,1-2,5-7,13H2. The van der Waals surface area contributed by atoms with Crippen LogP contribution in [0.2, 0.25) is 0 Å². The first kappa shape index (κ1) is 11.9. The molecule has 5 nitrogen and oxygen atoms in total. The fourth-order valence-electron chi connectivity index (χ4n) is 1.97. The van der Waals surface area contributed by atoms with Crippen LogP contribution in [-0.2, 0) is 13.0 Å². The van der Waals surface area contributed by atoms with Gasteiger partial charge >= 0.3 is 0 Å². The van der Waals surface area contributed by atoms with Crippen LogP contribution in [0.5, 0.6) is 0 Å². The van der Waals surface area contributed by atoms with Gasteiger partial charge < -0.3 is 20.5 Å². The molecule has 17 heavy (non-hydrogen) atoms. The number of rotatable bonds is 5. The van der Waals surface area contributed by atoms with Gasteiger partial charge in [0.05, 0.1) is 17.6 Å². The van der Waals surface area contributed by atoms with Crippen molar-refractivity contribution in [3.05, 3.63) is 24.0 Å². The van der Waals surface area contributed by atoms with E-state index in [2.05, 4.69) is 4.98 Å². The van der Waals surface area contributed by atoms with Gasteiger partial charge in [-0.05, 0) is 24.6 Å². The Balaban J connectivity index is 2.45. The Morgan fingerprint density at radius 1 is 1.24 bits per heavy atom. The number of aromatic nitrogens is 2. The summed E-state index contributed by atoms with van der Waals surface area (Å²) in [7, 11) is 0. The molecule has 0 aliphatic rings. The highest BCUT2D eigenvalue weighted by atomic mass is 16.3. The number of fused-ring (bicyclic) bond motifs is 1. The molecule has 0 atom stereocenters. The van der Waals surface area contributed by atoms with Crippen molar-refractivity contribution < 1.29 is 10.2 Å². The summed E-state index contributed by atoms with van der Waals surface area (Å²) in [6, 6.07) is 5.56. The predicted octanol–water partition coefficient (Wildman–Crippen LogP) is 0.536. The van der Waals surface area contributed by atoms with Gasteiger partial charge in [-0.2, -0.15) is 0 Å². The van der Waals surface area contributed by atoms with Crippen LogP contribution in [0, 0.1) is 0 Å². The summed E-state index contributed by atoms with van der Waals surface area (Å²) in [6.07, 6.45) is 1.37. The van der Waals surface area contributed by atoms with Crippen LogP contribution in [-0.4, -0.2) is 33.0 Å². The summed E-state index contributed by atoms with van der Waals surface area (Å²) < 4.78 is 1.98. The number of aliphatic hydroxyl groups excluding tert-OH is 2. The topological polar surface area (TPSA) is 84.3 Å². The fraction of sp³-hybridized carbons (Fsp3) is 0.417. The Labute approximate surface area is 99.5 Å². The molecule has 5 heteroatoms. The van der Waals surface area contributed by atoms with Gasteiger partial charge in [0, 0.05) is 25.3 Å². The second-order valence-corrected chi connectivity index (χ2v) is 3.98. The summed E-state index contributed by atoms with van der Waals surface area (Å²) in [5, 5.41) is 17.9. The van der Waals surface area contributed by atoms with Crippen molar-refractivity contribution in [1.82, 2.24) is 9.55 Å². The third-order valence-electron chi connectivity index (χ3n) is 2.73. The zero-order chi connectivity index (χ0) is 12.3. The van der Waals surface area contributed by atoms with Gasteiger partial charge in [0.1, 0.15) is 5.82 Å². The minimum absolute atomic E-state index is 0.0714. The lowest BCUT2D eigenvalue weighted by molar-refractivity contribution is 0.272. The molecule has 1 aromatic carbocycles. The van der Waals surface area contributed by atoms with Crippen molar-refractivity contribution in [1.29, 1.82) is 0 Å². The quantitative estimate of drug-likeness (QED) is 0.660. The molecule has 0 amide bonds. The minimum Gasteiger partial charge on any atom is -0.399 e. The summed E-state index contributed by atoms with van der Waals surface area (Å²) >= 11 is 0. The van der Waals surface area contributed by atoms with Crippen LogP contribution < -0.4 is 5.73 Å². The van der Waals surface area contributed by atoms with Gasteiger partial charge in [-0.3, -0.25) is 0 Å². The number of aryl methyl sites for hydroxylation is 1. The van der Waals surface area contributed by atoms with Crippen molar-refractivity contribution in [2.45, 2.75) is 19.4 Å². The molecule has 0 aliphatic heterocycles. The predicted molar refractivity (Wildman–Crippen MR) is 66.6 cm³/mol. The number of nitrogens with two attached hydrogens (primary N) is 1. The molecular weight excluding hydrogens is 218 g/mol. The number of benzene rings is 1. The summed E-state index contributed by atoms with van der Waals surface area (Å²) in [6.45, 7) is 0.730. The lowest BCUT2D eigenvalue weighted by Gasteiger charge is -2.06. The van der Waals surface area contributed by atoms with Crippen LogP contribution in [0.25, 0.3) is 11.0 Å². The number of hydrogen-bond donors (Lipinski definition) is 3. The van der Waals surface area contributed by atoms with E-state index in [9.17, 15) is 0 Å². The molecule has 0 fully saturated rings. The summed E-state index contributed by atoms with van der Waals surface area (Å²) in [5.41, 5.74) is 8.21. The molecule has 0 aliphatic carbocycles. The van der Waals surface area contributed by atoms with Gasteiger partial charge in [0.2, 0.25) is 0 Å².